The fourth-order valence-corrected chi connectivity index (χ4v) is 3.14. The summed E-state index contributed by atoms with van der Waals surface area (Å²) in [5, 5.41) is 2.88. The SMILES string of the molecule is CN(C(=O)c1nc(C(=O)NCc2ccccc2)c2ccccn12)c1ccccc1. The third-order valence-corrected chi connectivity index (χ3v) is 4.70. The van der Waals surface area contributed by atoms with Crippen molar-refractivity contribution in [1.82, 2.24) is 14.7 Å². The minimum absolute atomic E-state index is 0.191. The largest absolute Gasteiger partial charge is 0.347 e. The average molecular weight is 384 g/mol. The molecule has 4 rings (SSSR count). The lowest BCUT2D eigenvalue weighted by Crippen LogP contribution is -2.28. The van der Waals surface area contributed by atoms with Gasteiger partial charge in [0, 0.05) is 25.5 Å². The second kappa shape index (κ2) is 7.98. The van der Waals surface area contributed by atoms with Gasteiger partial charge in [-0.15, -0.1) is 0 Å². The summed E-state index contributed by atoms with van der Waals surface area (Å²) in [6.45, 7) is 0.388. The van der Waals surface area contributed by atoms with Crippen LogP contribution in [0.1, 0.15) is 26.7 Å². The maximum atomic E-state index is 13.1. The van der Waals surface area contributed by atoms with Crippen LogP contribution < -0.4 is 10.2 Å². The Morgan fingerprint density at radius 1 is 0.931 bits per heavy atom. The molecular formula is C23H20N4O2. The van der Waals surface area contributed by atoms with Crippen LogP contribution in [0.3, 0.4) is 0 Å². The highest BCUT2D eigenvalue weighted by atomic mass is 16.2. The summed E-state index contributed by atoms with van der Waals surface area (Å²) < 4.78 is 1.65. The molecule has 144 valence electrons. The molecule has 2 heterocycles. The Kier molecular flexibility index (Phi) is 5.07. The van der Waals surface area contributed by atoms with Crippen LogP contribution in [0.5, 0.6) is 0 Å². The van der Waals surface area contributed by atoms with Crippen molar-refractivity contribution >= 4 is 23.0 Å². The molecule has 0 aliphatic heterocycles. The van der Waals surface area contributed by atoms with Crippen LogP contribution >= 0.6 is 0 Å². The lowest BCUT2D eigenvalue weighted by atomic mass is 10.2. The first-order chi connectivity index (χ1) is 14.1. The summed E-state index contributed by atoms with van der Waals surface area (Å²) in [6.07, 6.45) is 1.74. The van der Waals surface area contributed by atoms with E-state index in [9.17, 15) is 9.59 Å². The zero-order valence-electron chi connectivity index (χ0n) is 15.9. The van der Waals surface area contributed by atoms with Gasteiger partial charge in [-0.25, -0.2) is 4.98 Å². The van der Waals surface area contributed by atoms with Crippen molar-refractivity contribution in [2.45, 2.75) is 6.54 Å². The smallest absolute Gasteiger partial charge is 0.294 e. The molecule has 0 unspecified atom stereocenters. The Balaban J connectivity index is 1.64. The minimum atomic E-state index is -0.320. The molecule has 0 atom stereocenters. The molecule has 0 saturated carbocycles. The van der Waals surface area contributed by atoms with E-state index >= 15 is 0 Å². The summed E-state index contributed by atoms with van der Waals surface area (Å²) in [5.41, 5.74) is 2.55. The molecule has 6 heteroatoms. The van der Waals surface area contributed by atoms with Crippen LogP contribution in [0.2, 0.25) is 0 Å². The minimum Gasteiger partial charge on any atom is -0.347 e. The first-order valence-electron chi connectivity index (χ1n) is 9.27. The Bertz CT molecular complexity index is 1150. The van der Waals surface area contributed by atoms with Gasteiger partial charge in [0.2, 0.25) is 5.82 Å². The second-order valence-electron chi connectivity index (χ2n) is 6.61. The van der Waals surface area contributed by atoms with Crippen LogP contribution in [-0.2, 0) is 6.54 Å². The number of amides is 2. The highest BCUT2D eigenvalue weighted by Gasteiger charge is 2.24. The fraction of sp³-hybridized carbons (Fsp3) is 0.0870. The Hall–Kier alpha value is -3.93. The number of hydrogen-bond donors (Lipinski definition) is 1. The van der Waals surface area contributed by atoms with Gasteiger partial charge in [-0.1, -0.05) is 54.6 Å². The quantitative estimate of drug-likeness (QED) is 0.572. The first-order valence-corrected chi connectivity index (χ1v) is 9.27. The van der Waals surface area contributed by atoms with E-state index in [0.717, 1.165) is 11.3 Å². The first kappa shape index (κ1) is 18.4. The van der Waals surface area contributed by atoms with Crippen LogP contribution in [0.15, 0.2) is 85.1 Å². The maximum Gasteiger partial charge on any atom is 0.294 e. The van der Waals surface area contributed by atoms with E-state index in [1.807, 2.05) is 66.7 Å². The Morgan fingerprint density at radius 3 is 2.31 bits per heavy atom. The number of carbonyl (C=O) groups excluding carboxylic acids is 2. The molecule has 2 aromatic heterocycles. The molecule has 2 aromatic carbocycles. The number of nitrogens with zero attached hydrogens (tertiary/aromatic N) is 3. The highest BCUT2D eigenvalue weighted by Crippen LogP contribution is 2.18. The molecule has 0 saturated heterocycles. The van der Waals surface area contributed by atoms with E-state index in [0.29, 0.717) is 12.1 Å². The van der Waals surface area contributed by atoms with Gasteiger partial charge in [-0.2, -0.15) is 0 Å². The number of carbonyl (C=O) groups is 2. The van der Waals surface area contributed by atoms with E-state index in [4.69, 9.17) is 0 Å². The normalized spacial score (nSPS) is 10.7. The van der Waals surface area contributed by atoms with E-state index in [1.165, 1.54) is 4.90 Å². The van der Waals surface area contributed by atoms with Crippen LogP contribution in [0.25, 0.3) is 5.52 Å². The number of anilines is 1. The van der Waals surface area contributed by atoms with Crippen molar-refractivity contribution in [2.24, 2.45) is 0 Å². The van der Waals surface area contributed by atoms with Gasteiger partial charge in [0.15, 0.2) is 5.69 Å². The second-order valence-corrected chi connectivity index (χ2v) is 6.61. The zero-order chi connectivity index (χ0) is 20.2. The molecule has 0 aliphatic carbocycles. The van der Waals surface area contributed by atoms with Gasteiger partial charge in [0.1, 0.15) is 0 Å². The number of hydrogen-bond acceptors (Lipinski definition) is 3. The average Bonchev–Trinajstić information content (AvgIpc) is 3.17. The summed E-state index contributed by atoms with van der Waals surface area (Å²) >= 11 is 0. The van der Waals surface area contributed by atoms with Crippen molar-refractivity contribution in [3.05, 3.63) is 102 Å². The number of rotatable bonds is 5. The summed E-state index contributed by atoms with van der Waals surface area (Å²) in [4.78, 5) is 31.8. The summed E-state index contributed by atoms with van der Waals surface area (Å²) in [7, 11) is 1.69. The molecule has 4 aromatic rings. The standard InChI is InChI=1S/C23H20N4O2/c1-26(18-12-6-3-7-13-18)23(29)21-25-20(19-14-8-9-15-27(19)21)22(28)24-16-17-10-4-2-5-11-17/h2-15H,16H2,1H3,(H,24,28). The molecule has 2 amide bonds. The molecule has 0 fully saturated rings. The van der Waals surface area contributed by atoms with E-state index in [2.05, 4.69) is 10.3 Å². The van der Waals surface area contributed by atoms with E-state index in [1.54, 1.807) is 29.8 Å². The topological polar surface area (TPSA) is 66.7 Å². The number of imidazole rings is 1. The predicted molar refractivity (Wildman–Crippen MR) is 112 cm³/mol. The lowest BCUT2D eigenvalue weighted by Gasteiger charge is -2.16. The number of benzene rings is 2. The van der Waals surface area contributed by atoms with Crippen LogP contribution in [0, 0.1) is 0 Å². The third-order valence-electron chi connectivity index (χ3n) is 4.70. The molecule has 1 N–H and O–H groups in total. The summed E-state index contributed by atoms with van der Waals surface area (Å²) in [5.74, 6) is -0.421. The van der Waals surface area contributed by atoms with Gasteiger partial charge >= 0.3 is 0 Å². The maximum absolute atomic E-state index is 13.1. The molecular weight excluding hydrogens is 364 g/mol. The zero-order valence-corrected chi connectivity index (χ0v) is 15.9. The number of fused-ring (bicyclic) bond motifs is 1. The molecule has 0 bridgehead atoms. The number of aromatic nitrogens is 2. The molecule has 6 nitrogen and oxygen atoms in total. The number of nitrogens with one attached hydrogen (secondary N) is 1. The van der Waals surface area contributed by atoms with Crippen molar-refractivity contribution < 1.29 is 9.59 Å². The van der Waals surface area contributed by atoms with Gasteiger partial charge < -0.3 is 10.2 Å². The van der Waals surface area contributed by atoms with E-state index in [-0.39, 0.29) is 23.3 Å². The van der Waals surface area contributed by atoms with Crippen molar-refractivity contribution in [1.29, 1.82) is 0 Å². The molecule has 0 radical (unpaired) electrons. The van der Waals surface area contributed by atoms with Crippen molar-refractivity contribution in [3.63, 3.8) is 0 Å². The molecule has 29 heavy (non-hydrogen) atoms. The lowest BCUT2D eigenvalue weighted by molar-refractivity contribution is 0.0948. The monoisotopic (exact) mass is 384 g/mol. The fourth-order valence-electron chi connectivity index (χ4n) is 3.14. The molecule has 0 spiro atoms. The van der Waals surface area contributed by atoms with Crippen molar-refractivity contribution in [2.75, 3.05) is 11.9 Å². The highest BCUT2D eigenvalue weighted by molar-refractivity contribution is 6.07. The van der Waals surface area contributed by atoms with E-state index < -0.39 is 0 Å². The number of para-hydroxylation sites is 1. The Labute approximate surface area is 168 Å². The van der Waals surface area contributed by atoms with Gasteiger partial charge in [-0.05, 0) is 29.8 Å². The summed E-state index contributed by atoms with van der Waals surface area (Å²) in [6, 6.07) is 24.4. The van der Waals surface area contributed by atoms with Crippen molar-refractivity contribution in [3.8, 4) is 0 Å². The molecule has 0 aliphatic rings. The van der Waals surface area contributed by atoms with Gasteiger partial charge in [-0.3, -0.25) is 14.0 Å². The van der Waals surface area contributed by atoms with Gasteiger partial charge in [0.05, 0.1) is 5.52 Å². The van der Waals surface area contributed by atoms with Crippen LogP contribution in [0.4, 0.5) is 5.69 Å². The van der Waals surface area contributed by atoms with Crippen LogP contribution in [-0.4, -0.2) is 28.2 Å². The number of pyridine rings is 1. The third kappa shape index (κ3) is 3.73. The Morgan fingerprint density at radius 2 is 1.59 bits per heavy atom. The predicted octanol–water partition coefficient (Wildman–Crippen LogP) is 3.54. The van der Waals surface area contributed by atoms with Gasteiger partial charge in [0.25, 0.3) is 11.8 Å².